The fourth-order valence-corrected chi connectivity index (χ4v) is 10.6. The summed E-state index contributed by atoms with van der Waals surface area (Å²) < 4.78 is 18.0. The van der Waals surface area contributed by atoms with Gasteiger partial charge in [0, 0.05) is 53.1 Å². The zero-order valence-electron chi connectivity index (χ0n) is 48.2. The van der Waals surface area contributed by atoms with Crippen LogP contribution in [0.5, 0.6) is 0 Å². The van der Waals surface area contributed by atoms with Crippen LogP contribution in [-0.4, -0.2) is 171 Å². The third-order valence-electron chi connectivity index (χ3n) is 15.1. The molecule has 18 heteroatoms. The first-order valence-corrected chi connectivity index (χ1v) is 27.7. The molecule has 1 fully saturated rings. The number of nitrogens with one attached hydrogen (secondary N) is 3. The van der Waals surface area contributed by atoms with Crippen molar-refractivity contribution in [3.05, 3.63) is 83.4 Å². The van der Waals surface area contributed by atoms with Gasteiger partial charge >= 0.3 is 5.97 Å². The highest BCUT2D eigenvalue weighted by atomic mass is 16.5. The van der Waals surface area contributed by atoms with E-state index in [4.69, 9.17) is 14.2 Å². The molecule has 1 unspecified atom stereocenters. The number of hydrazone groups is 1. The standard InChI is InChI=1S/C59H90N8O10/c1-14-40(6)54(65(11)58(73)52(38(2)3)62-57(72)53(39(4)5)64(9)10)48(75-12)36-51(70)66-34-22-25-47(66)55(76-13)41(7)56(71)61-46(35-43-23-18-17-19-24-43)37-77-59(74)45-28-26-44(27-29-45)42(8)63-60-32-20-15-16-21-33-67-49(68)30-31-50(67)69/h17-19,23-24,26-31,38-41,46-48,52-55,60H,14-16,20-22,25,32-37H2,1-13H3,(H,61,71)(H,62,72)/b63-42-/t40-,41+,46-,47-,48?,52-,53-,54-,55+/m0/s1. The van der Waals surface area contributed by atoms with Gasteiger partial charge in [0.05, 0.1) is 60.0 Å². The summed E-state index contributed by atoms with van der Waals surface area (Å²) in [7, 11) is 8.53. The quantitative estimate of drug-likeness (QED) is 0.0253. The maximum atomic E-state index is 14.5. The number of carbonyl (C=O) groups is 7. The molecule has 2 aromatic carbocycles. The summed E-state index contributed by atoms with van der Waals surface area (Å²) in [6.07, 6.45) is 7.13. The van der Waals surface area contributed by atoms with Gasteiger partial charge in [-0.2, -0.15) is 5.10 Å². The summed E-state index contributed by atoms with van der Waals surface area (Å²) in [5, 5.41) is 10.7. The van der Waals surface area contributed by atoms with Crippen LogP contribution in [0.1, 0.15) is 128 Å². The largest absolute Gasteiger partial charge is 0.460 e. The van der Waals surface area contributed by atoms with E-state index in [2.05, 4.69) is 21.2 Å². The van der Waals surface area contributed by atoms with Crippen LogP contribution in [0.2, 0.25) is 0 Å². The average molecular weight is 1070 g/mol. The third-order valence-corrected chi connectivity index (χ3v) is 15.1. The molecule has 3 N–H and O–H groups in total. The van der Waals surface area contributed by atoms with Crippen LogP contribution in [0, 0.1) is 23.7 Å². The van der Waals surface area contributed by atoms with Crippen molar-refractivity contribution < 1.29 is 47.8 Å². The van der Waals surface area contributed by atoms with Gasteiger partial charge in [-0.1, -0.05) is 110 Å². The first-order chi connectivity index (χ1) is 36.6. The zero-order chi connectivity index (χ0) is 56.9. The fourth-order valence-electron chi connectivity index (χ4n) is 10.6. The maximum absolute atomic E-state index is 14.5. The number of imide groups is 1. The number of methoxy groups -OCH3 is 2. The van der Waals surface area contributed by atoms with Crippen molar-refractivity contribution in [2.45, 2.75) is 156 Å². The first kappa shape index (κ1) is 63.6. The highest BCUT2D eigenvalue weighted by Gasteiger charge is 2.43. The summed E-state index contributed by atoms with van der Waals surface area (Å²) in [5.74, 6) is -2.95. The van der Waals surface area contributed by atoms with E-state index in [1.807, 2.05) is 97.8 Å². The van der Waals surface area contributed by atoms with Crippen molar-refractivity contribution in [1.82, 2.24) is 35.7 Å². The van der Waals surface area contributed by atoms with Gasteiger partial charge in [-0.15, -0.1) is 0 Å². The number of nitrogens with zero attached hydrogens (tertiary/aromatic N) is 5. The van der Waals surface area contributed by atoms with Gasteiger partial charge < -0.3 is 40.1 Å². The van der Waals surface area contributed by atoms with Gasteiger partial charge in [-0.05, 0) is 94.1 Å². The minimum Gasteiger partial charge on any atom is -0.460 e. The van der Waals surface area contributed by atoms with E-state index in [9.17, 15) is 33.6 Å². The molecule has 6 amide bonds. The molecule has 0 aromatic heterocycles. The lowest BCUT2D eigenvalue weighted by molar-refractivity contribution is -0.148. The molecule has 0 aliphatic carbocycles. The Morgan fingerprint density at radius 2 is 1.43 bits per heavy atom. The zero-order valence-corrected chi connectivity index (χ0v) is 48.2. The molecule has 0 bridgehead atoms. The van der Waals surface area contributed by atoms with Crippen molar-refractivity contribution in [2.24, 2.45) is 28.8 Å². The molecule has 4 rings (SSSR count). The molecule has 18 nitrogen and oxygen atoms in total. The van der Waals surface area contributed by atoms with Crippen molar-refractivity contribution in [3.63, 3.8) is 0 Å². The number of amides is 6. The second-order valence-electron chi connectivity index (χ2n) is 21.7. The highest BCUT2D eigenvalue weighted by molar-refractivity contribution is 6.12. The van der Waals surface area contributed by atoms with Crippen LogP contribution in [0.25, 0.3) is 0 Å². The average Bonchev–Trinajstić information content (AvgIpc) is 4.02. The first-order valence-electron chi connectivity index (χ1n) is 27.7. The van der Waals surface area contributed by atoms with Gasteiger partial charge in [-0.3, -0.25) is 38.6 Å². The van der Waals surface area contributed by atoms with Crippen molar-refractivity contribution in [2.75, 3.05) is 61.6 Å². The van der Waals surface area contributed by atoms with Crippen LogP contribution >= 0.6 is 0 Å². The summed E-state index contributed by atoms with van der Waals surface area (Å²) in [4.78, 5) is 100. The Hall–Kier alpha value is -5.98. The summed E-state index contributed by atoms with van der Waals surface area (Å²) >= 11 is 0. The van der Waals surface area contributed by atoms with Crippen molar-refractivity contribution in [1.29, 1.82) is 0 Å². The number of hydrogen-bond donors (Lipinski definition) is 3. The topological polar surface area (TPSA) is 209 Å². The van der Waals surface area contributed by atoms with Crippen LogP contribution in [0.3, 0.4) is 0 Å². The number of carbonyl (C=O) groups excluding carboxylic acids is 7. The van der Waals surface area contributed by atoms with Crippen LogP contribution < -0.4 is 16.1 Å². The second kappa shape index (κ2) is 31.4. The molecule has 2 aliphatic rings. The summed E-state index contributed by atoms with van der Waals surface area (Å²) in [5.41, 5.74) is 5.96. The molecule has 2 heterocycles. The van der Waals surface area contributed by atoms with E-state index < -0.39 is 54.3 Å². The Morgan fingerprint density at radius 3 is 2.01 bits per heavy atom. The lowest BCUT2D eigenvalue weighted by Gasteiger charge is -2.41. The van der Waals surface area contributed by atoms with E-state index in [-0.39, 0.29) is 66.2 Å². The molecule has 77 heavy (non-hydrogen) atoms. The SMILES string of the molecule is CC[C@H](C)[C@@H](C(CC(=O)N1CCC[C@H]1[C@H](OC)[C@@H](C)C(=O)N[C@H](COC(=O)c1ccc(/C(C)=N\NCCCCCCN2C(=O)C=CC2=O)cc1)Cc1ccccc1)OC)N(C)C(=O)[C@@H](NC(=O)[C@H](C(C)C)N(C)C)C(C)C. The Kier molecular flexibility index (Phi) is 25.9. The number of rotatable bonds is 32. The molecule has 1 saturated heterocycles. The predicted molar refractivity (Wildman–Crippen MR) is 299 cm³/mol. The van der Waals surface area contributed by atoms with E-state index in [1.165, 1.54) is 17.1 Å². The number of esters is 1. The molecule has 2 aliphatic heterocycles. The van der Waals surface area contributed by atoms with E-state index in [0.717, 1.165) is 42.5 Å². The lowest BCUT2D eigenvalue weighted by atomic mass is 9.89. The molecular formula is C59H90N8O10. The van der Waals surface area contributed by atoms with Gasteiger partial charge in [0.25, 0.3) is 11.8 Å². The number of ether oxygens (including phenoxy) is 3. The summed E-state index contributed by atoms with van der Waals surface area (Å²) in [6, 6.07) is 13.9. The Bertz CT molecular complexity index is 2280. The van der Waals surface area contributed by atoms with Gasteiger partial charge in [0.2, 0.25) is 23.6 Å². The molecule has 0 radical (unpaired) electrons. The molecule has 2 aromatic rings. The smallest absolute Gasteiger partial charge is 0.338 e. The lowest BCUT2D eigenvalue weighted by Crippen LogP contribution is -2.59. The van der Waals surface area contributed by atoms with Crippen molar-refractivity contribution >= 4 is 47.1 Å². The third kappa shape index (κ3) is 18.3. The van der Waals surface area contributed by atoms with Crippen LogP contribution in [0.15, 0.2) is 71.9 Å². The molecule has 0 saturated carbocycles. The maximum Gasteiger partial charge on any atom is 0.338 e. The number of likely N-dealkylation sites (tertiary alicyclic amines) is 1. The Morgan fingerprint density at radius 1 is 0.792 bits per heavy atom. The van der Waals surface area contributed by atoms with E-state index in [1.54, 1.807) is 62.3 Å². The van der Waals surface area contributed by atoms with E-state index >= 15 is 0 Å². The highest BCUT2D eigenvalue weighted by Crippen LogP contribution is 2.30. The normalized spacial score (nSPS) is 18.0. The van der Waals surface area contributed by atoms with Crippen molar-refractivity contribution in [3.8, 4) is 0 Å². The molecule has 426 valence electrons. The Balaban J connectivity index is 1.38. The molecule has 9 atom stereocenters. The summed E-state index contributed by atoms with van der Waals surface area (Å²) in [6.45, 7) is 17.0. The predicted octanol–water partition coefficient (Wildman–Crippen LogP) is 6.02. The fraction of sp³-hybridized carbons (Fsp3) is 0.627. The number of hydrogen-bond acceptors (Lipinski definition) is 13. The number of likely N-dealkylation sites (N-methyl/N-ethyl adjacent to an activating group) is 2. The second-order valence-corrected chi connectivity index (χ2v) is 21.7. The monoisotopic (exact) mass is 1070 g/mol. The molecule has 0 spiro atoms. The minimum atomic E-state index is -0.794. The number of unbranched alkanes of at least 4 members (excludes halogenated alkanes) is 3. The Labute approximate surface area is 458 Å². The molecular weight excluding hydrogens is 981 g/mol. The van der Waals surface area contributed by atoms with E-state index in [0.29, 0.717) is 50.9 Å². The van der Waals surface area contributed by atoms with Crippen LogP contribution in [-0.2, 0) is 49.4 Å². The van der Waals surface area contributed by atoms with Crippen LogP contribution in [0.4, 0.5) is 0 Å². The minimum absolute atomic E-state index is 0.0135. The van der Waals surface area contributed by atoms with Gasteiger partial charge in [-0.25, -0.2) is 4.79 Å². The van der Waals surface area contributed by atoms with Gasteiger partial charge in [0.15, 0.2) is 0 Å². The van der Waals surface area contributed by atoms with Gasteiger partial charge in [0.1, 0.15) is 12.6 Å². The number of benzene rings is 2.